The number of amides is 1. The molecule has 1 unspecified atom stereocenters. The Morgan fingerprint density at radius 2 is 1.66 bits per heavy atom. The van der Waals surface area contributed by atoms with Crippen molar-refractivity contribution in [3.8, 4) is 0 Å². The standard InChI is InChI=1S/C22H36N4O3/c1-22(2,26-10-14-29-15-11-26)18-24-21(27)16-23-20(19-6-4-3-5-7-19)17-25-8-12-28-13-9-25/h3-7,20,23H,8-18H2,1-2H3,(H,24,27). The zero-order valence-corrected chi connectivity index (χ0v) is 17.9. The Bertz CT molecular complexity index is 614. The van der Waals surface area contributed by atoms with Gasteiger partial charge in [0.1, 0.15) is 0 Å². The first kappa shape index (κ1) is 22.2. The summed E-state index contributed by atoms with van der Waals surface area (Å²) in [6, 6.07) is 10.5. The summed E-state index contributed by atoms with van der Waals surface area (Å²) >= 11 is 0. The summed E-state index contributed by atoms with van der Waals surface area (Å²) in [6.07, 6.45) is 0. The van der Waals surface area contributed by atoms with E-state index in [9.17, 15) is 4.79 Å². The topological polar surface area (TPSA) is 66.1 Å². The van der Waals surface area contributed by atoms with Crippen LogP contribution in [0.3, 0.4) is 0 Å². The Hall–Kier alpha value is -1.51. The van der Waals surface area contributed by atoms with Crippen LogP contribution in [0, 0.1) is 0 Å². The normalized spacial score (nSPS) is 20.3. The fourth-order valence-electron chi connectivity index (χ4n) is 3.89. The SMILES string of the molecule is CC(C)(CNC(=O)CNC(CN1CCOCC1)c1ccccc1)N1CCOCC1. The van der Waals surface area contributed by atoms with Gasteiger partial charge in [0, 0.05) is 50.8 Å². The first-order valence-corrected chi connectivity index (χ1v) is 10.7. The van der Waals surface area contributed by atoms with E-state index in [0.29, 0.717) is 13.1 Å². The van der Waals surface area contributed by atoms with E-state index in [1.54, 1.807) is 0 Å². The van der Waals surface area contributed by atoms with E-state index in [-0.39, 0.29) is 17.5 Å². The Morgan fingerprint density at radius 3 is 2.31 bits per heavy atom. The van der Waals surface area contributed by atoms with Crippen LogP contribution in [0.25, 0.3) is 0 Å². The molecule has 1 aromatic carbocycles. The van der Waals surface area contributed by atoms with Gasteiger partial charge in [-0.05, 0) is 19.4 Å². The molecule has 1 aromatic rings. The molecule has 0 aromatic heterocycles. The van der Waals surface area contributed by atoms with Gasteiger partial charge < -0.3 is 20.1 Å². The van der Waals surface area contributed by atoms with E-state index < -0.39 is 0 Å². The molecule has 2 fully saturated rings. The van der Waals surface area contributed by atoms with Gasteiger partial charge >= 0.3 is 0 Å². The number of hydrogen-bond acceptors (Lipinski definition) is 6. The molecule has 0 radical (unpaired) electrons. The van der Waals surface area contributed by atoms with Gasteiger partial charge in [-0.2, -0.15) is 0 Å². The number of nitrogens with one attached hydrogen (secondary N) is 2. The van der Waals surface area contributed by atoms with Crippen molar-refractivity contribution >= 4 is 5.91 Å². The van der Waals surface area contributed by atoms with Crippen molar-refractivity contribution in [3.05, 3.63) is 35.9 Å². The lowest BCUT2D eigenvalue weighted by Gasteiger charge is -2.40. The summed E-state index contributed by atoms with van der Waals surface area (Å²) in [5, 5.41) is 6.58. The Kier molecular flexibility index (Phi) is 8.44. The molecule has 7 heteroatoms. The van der Waals surface area contributed by atoms with Crippen LogP contribution >= 0.6 is 0 Å². The van der Waals surface area contributed by atoms with Crippen LogP contribution in [0.1, 0.15) is 25.5 Å². The van der Waals surface area contributed by atoms with Crippen molar-refractivity contribution in [2.24, 2.45) is 0 Å². The van der Waals surface area contributed by atoms with Gasteiger partial charge in [0.2, 0.25) is 5.91 Å². The second-order valence-corrected chi connectivity index (χ2v) is 8.45. The molecule has 1 amide bonds. The molecule has 0 saturated carbocycles. The van der Waals surface area contributed by atoms with Crippen molar-refractivity contribution < 1.29 is 14.3 Å². The highest BCUT2D eigenvalue weighted by Crippen LogP contribution is 2.16. The molecule has 2 aliphatic heterocycles. The molecular formula is C22H36N4O3. The van der Waals surface area contributed by atoms with E-state index in [4.69, 9.17) is 9.47 Å². The second-order valence-electron chi connectivity index (χ2n) is 8.45. The van der Waals surface area contributed by atoms with Gasteiger partial charge in [-0.15, -0.1) is 0 Å². The number of ether oxygens (including phenoxy) is 2. The predicted molar refractivity (Wildman–Crippen MR) is 114 cm³/mol. The fraction of sp³-hybridized carbons (Fsp3) is 0.682. The second kappa shape index (κ2) is 11.0. The Labute approximate surface area is 174 Å². The van der Waals surface area contributed by atoms with Crippen molar-refractivity contribution in [1.82, 2.24) is 20.4 Å². The number of hydrogen-bond donors (Lipinski definition) is 2. The van der Waals surface area contributed by atoms with Crippen LogP contribution < -0.4 is 10.6 Å². The molecule has 0 spiro atoms. The monoisotopic (exact) mass is 404 g/mol. The summed E-state index contributed by atoms with van der Waals surface area (Å²) in [5.74, 6) is 0.0363. The largest absolute Gasteiger partial charge is 0.379 e. The lowest BCUT2D eigenvalue weighted by atomic mass is 10.0. The number of carbonyl (C=O) groups excluding carboxylic acids is 1. The zero-order chi connectivity index (χ0) is 20.5. The molecule has 2 saturated heterocycles. The molecule has 162 valence electrons. The zero-order valence-electron chi connectivity index (χ0n) is 17.9. The number of rotatable bonds is 9. The lowest BCUT2D eigenvalue weighted by Crippen LogP contribution is -2.56. The number of benzene rings is 1. The summed E-state index contributed by atoms with van der Waals surface area (Å²) < 4.78 is 10.9. The fourth-order valence-corrected chi connectivity index (χ4v) is 3.89. The summed E-state index contributed by atoms with van der Waals surface area (Å²) in [5.41, 5.74) is 1.13. The third-order valence-electron chi connectivity index (χ3n) is 5.84. The molecule has 1 atom stereocenters. The van der Waals surface area contributed by atoms with Crippen molar-refractivity contribution in [2.75, 3.05) is 72.2 Å². The first-order valence-electron chi connectivity index (χ1n) is 10.7. The van der Waals surface area contributed by atoms with Crippen LogP contribution in [0.4, 0.5) is 0 Å². The molecule has 2 N–H and O–H groups in total. The molecule has 0 aliphatic carbocycles. The molecular weight excluding hydrogens is 368 g/mol. The van der Waals surface area contributed by atoms with E-state index in [1.165, 1.54) is 5.56 Å². The van der Waals surface area contributed by atoms with E-state index in [1.807, 2.05) is 18.2 Å². The van der Waals surface area contributed by atoms with Gasteiger partial charge in [0.05, 0.1) is 33.0 Å². The van der Waals surface area contributed by atoms with Crippen molar-refractivity contribution in [3.63, 3.8) is 0 Å². The van der Waals surface area contributed by atoms with Gasteiger partial charge in [0.15, 0.2) is 0 Å². The number of morpholine rings is 2. The minimum Gasteiger partial charge on any atom is -0.379 e. The Morgan fingerprint density at radius 1 is 1.03 bits per heavy atom. The average Bonchev–Trinajstić information content (AvgIpc) is 2.77. The third kappa shape index (κ3) is 7.04. The number of carbonyl (C=O) groups is 1. The molecule has 2 heterocycles. The predicted octanol–water partition coefficient (Wildman–Crippen LogP) is 0.877. The van der Waals surface area contributed by atoms with Crippen LogP contribution in [-0.4, -0.2) is 93.5 Å². The van der Waals surface area contributed by atoms with Crippen molar-refractivity contribution in [2.45, 2.75) is 25.4 Å². The van der Waals surface area contributed by atoms with E-state index in [2.05, 4.69) is 46.4 Å². The van der Waals surface area contributed by atoms with Crippen molar-refractivity contribution in [1.29, 1.82) is 0 Å². The van der Waals surface area contributed by atoms with Crippen LogP contribution in [0.15, 0.2) is 30.3 Å². The highest BCUT2D eigenvalue weighted by atomic mass is 16.5. The maximum absolute atomic E-state index is 12.6. The third-order valence-corrected chi connectivity index (χ3v) is 5.84. The minimum atomic E-state index is -0.0773. The van der Waals surface area contributed by atoms with Crippen LogP contribution in [-0.2, 0) is 14.3 Å². The molecule has 7 nitrogen and oxygen atoms in total. The Balaban J connectivity index is 1.49. The quantitative estimate of drug-likeness (QED) is 0.637. The number of nitrogens with zero attached hydrogens (tertiary/aromatic N) is 2. The molecule has 2 aliphatic rings. The van der Waals surface area contributed by atoms with Crippen LogP contribution in [0.2, 0.25) is 0 Å². The first-order chi connectivity index (χ1) is 14.0. The molecule has 3 rings (SSSR count). The average molecular weight is 405 g/mol. The summed E-state index contributed by atoms with van der Waals surface area (Å²) in [7, 11) is 0. The highest BCUT2D eigenvalue weighted by molar-refractivity contribution is 5.78. The van der Waals surface area contributed by atoms with Gasteiger partial charge in [-0.1, -0.05) is 30.3 Å². The summed E-state index contributed by atoms with van der Waals surface area (Å²) in [4.78, 5) is 17.3. The van der Waals surface area contributed by atoms with Gasteiger partial charge in [-0.25, -0.2) is 0 Å². The van der Waals surface area contributed by atoms with Gasteiger partial charge in [0.25, 0.3) is 0 Å². The van der Waals surface area contributed by atoms with E-state index >= 15 is 0 Å². The van der Waals surface area contributed by atoms with Crippen LogP contribution in [0.5, 0.6) is 0 Å². The molecule has 0 bridgehead atoms. The summed E-state index contributed by atoms with van der Waals surface area (Å²) in [6.45, 7) is 12.9. The van der Waals surface area contributed by atoms with E-state index in [0.717, 1.165) is 59.2 Å². The lowest BCUT2D eigenvalue weighted by molar-refractivity contribution is -0.121. The highest BCUT2D eigenvalue weighted by Gasteiger charge is 2.28. The maximum Gasteiger partial charge on any atom is 0.234 e. The smallest absolute Gasteiger partial charge is 0.234 e. The van der Waals surface area contributed by atoms with Gasteiger partial charge in [-0.3, -0.25) is 14.6 Å². The minimum absolute atomic E-state index is 0.0363. The maximum atomic E-state index is 12.6. The molecule has 29 heavy (non-hydrogen) atoms.